The van der Waals surface area contributed by atoms with Gasteiger partial charge in [-0.15, -0.1) is 54.5 Å². The van der Waals surface area contributed by atoms with E-state index in [0.717, 1.165) is 15.0 Å². The van der Waals surface area contributed by atoms with Crippen molar-refractivity contribution in [2.24, 2.45) is 0 Å². The van der Waals surface area contributed by atoms with Crippen molar-refractivity contribution in [1.29, 1.82) is 0 Å². The van der Waals surface area contributed by atoms with E-state index in [2.05, 4.69) is 110 Å². The van der Waals surface area contributed by atoms with Gasteiger partial charge in [-0.1, -0.05) is 65.7 Å². The number of aryl methyl sites for hydroxylation is 1. The van der Waals surface area contributed by atoms with Gasteiger partial charge >= 0.3 is 0 Å². The van der Waals surface area contributed by atoms with Crippen molar-refractivity contribution in [2.75, 3.05) is 0 Å². The van der Waals surface area contributed by atoms with Gasteiger partial charge < -0.3 is 0 Å². The summed E-state index contributed by atoms with van der Waals surface area (Å²) in [5, 5.41) is 5.65. The molecule has 0 N–H and O–H groups in total. The Morgan fingerprint density at radius 3 is 2.42 bits per heavy atom. The SMILES string of the molecule is Cc1ccccc1P[c-]1ccc2ccccc21.[Hf].[c-]1cccc2c1Cc1ccccc1-2. The molecule has 150 valence electrons. The van der Waals surface area contributed by atoms with Crippen molar-refractivity contribution in [1.82, 2.24) is 0 Å². The molecule has 0 nitrogen and oxygen atoms in total. The maximum absolute atomic E-state index is 3.30. The van der Waals surface area contributed by atoms with Gasteiger partial charge in [0.1, 0.15) is 0 Å². The molecule has 2 heteroatoms. The fraction of sp³-hybridized carbons (Fsp3) is 0.0690. The van der Waals surface area contributed by atoms with Crippen LogP contribution in [-0.4, -0.2) is 0 Å². The number of hydrogen-bond donors (Lipinski definition) is 0. The zero-order valence-corrected chi connectivity index (χ0v) is 22.1. The first-order chi connectivity index (χ1) is 14.8. The molecule has 0 saturated carbocycles. The molecule has 0 bridgehead atoms. The number of fused-ring (bicyclic) bond motifs is 4. The topological polar surface area (TPSA) is 0 Å². The average molecular weight is 581 g/mol. The summed E-state index contributed by atoms with van der Waals surface area (Å²) < 4.78 is 0. The largest absolute Gasteiger partial charge is 0.179 e. The van der Waals surface area contributed by atoms with Crippen molar-refractivity contribution in [3.63, 3.8) is 0 Å². The minimum absolute atomic E-state index is 0. The van der Waals surface area contributed by atoms with Crippen molar-refractivity contribution in [3.8, 4) is 11.1 Å². The maximum Gasteiger partial charge on any atom is 0 e. The van der Waals surface area contributed by atoms with E-state index in [1.165, 1.54) is 49.2 Å². The Balaban J connectivity index is 0.000000149. The van der Waals surface area contributed by atoms with E-state index in [4.69, 9.17) is 0 Å². The summed E-state index contributed by atoms with van der Waals surface area (Å²) in [6.45, 7) is 2.19. The minimum atomic E-state index is 0. The van der Waals surface area contributed by atoms with Crippen molar-refractivity contribution >= 4 is 30.0 Å². The molecule has 0 heterocycles. The quantitative estimate of drug-likeness (QED) is 0.124. The van der Waals surface area contributed by atoms with Crippen LogP contribution in [0.4, 0.5) is 0 Å². The molecule has 0 radical (unpaired) electrons. The molecule has 1 unspecified atom stereocenters. The van der Waals surface area contributed by atoms with E-state index >= 15 is 0 Å². The van der Waals surface area contributed by atoms with E-state index in [1.54, 1.807) is 0 Å². The summed E-state index contributed by atoms with van der Waals surface area (Å²) in [6.07, 6.45) is 1.05. The molecule has 1 aliphatic rings. The molecule has 0 fully saturated rings. The number of benzene rings is 4. The van der Waals surface area contributed by atoms with Gasteiger partial charge in [0.2, 0.25) is 0 Å². The molecule has 5 aromatic carbocycles. The molecule has 1 atom stereocenters. The van der Waals surface area contributed by atoms with Crippen molar-refractivity contribution in [3.05, 3.63) is 126 Å². The second-order valence-electron chi connectivity index (χ2n) is 7.67. The standard InChI is InChI=1S/C16H14P.C13H9.Hf/c1-12-6-2-5-9-15(12)17-16-11-10-13-7-3-4-8-14(13)16;1-3-7-12-10(5-1)9-11-6-2-4-8-13(11)12;/h2-11,17H,1H3;1-5,7-8H,9H2;/q2*-1;. The fourth-order valence-electron chi connectivity index (χ4n) is 4.12. The average Bonchev–Trinajstić information content (AvgIpc) is 3.37. The summed E-state index contributed by atoms with van der Waals surface area (Å²) in [4.78, 5) is 0. The first-order valence-electron chi connectivity index (χ1n) is 10.3. The molecule has 0 spiro atoms. The second kappa shape index (κ2) is 9.94. The first kappa shape index (κ1) is 22.0. The van der Waals surface area contributed by atoms with Crippen molar-refractivity contribution in [2.45, 2.75) is 13.3 Å². The van der Waals surface area contributed by atoms with Crippen LogP contribution >= 0.6 is 8.58 Å². The molecule has 1 aliphatic carbocycles. The van der Waals surface area contributed by atoms with E-state index in [0.29, 0.717) is 0 Å². The molecule has 31 heavy (non-hydrogen) atoms. The van der Waals surface area contributed by atoms with Crippen LogP contribution in [-0.2, 0) is 32.3 Å². The van der Waals surface area contributed by atoms with Gasteiger partial charge in [0.25, 0.3) is 0 Å². The third-order valence-electron chi connectivity index (χ3n) is 5.71. The van der Waals surface area contributed by atoms with Gasteiger partial charge in [-0.3, -0.25) is 0 Å². The van der Waals surface area contributed by atoms with E-state index in [-0.39, 0.29) is 25.8 Å². The Labute approximate surface area is 205 Å². The predicted octanol–water partition coefficient (Wildman–Crippen LogP) is 6.55. The predicted molar refractivity (Wildman–Crippen MR) is 132 cm³/mol. The zero-order chi connectivity index (χ0) is 20.3. The van der Waals surface area contributed by atoms with Crippen LogP contribution in [0, 0.1) is 13.0 Å². The summed E-state index contributed by atoms with van der Waals surface area (Å²) in [6, 6.07) is 39.9. The van der Waals surface area contributed by atoms with Gasteiger partial charge in [0.05, 0.1) is 0 Å². The number of hydrogen-bond acceptors (Lipinski definition) is 0. The third kappa shape index (κ3) is 4.69. The Morgan fingerprint density at radius 1 is 0.774 bits per heavy atom. The van der Waals surface area contributed by atoms with Gasteiger partial charge in [0, 0.05) is 25.8 Å². The van der Waals surface area contributed by atoms with E-state index in [9.17, 15) is 0 Å². The van der Waals surface area contributed by atoms with Gasteiger partial charge in [0.15, 0.2) is 0 Å². The normalized spacial score (nSPS) is 11.5. The van der Waals surface area contributed by atoms with Gasteiger partial charge in [-0.05, 0) is 24.2 Å². The minimum Gasteiger partial charge on any atom is -0.179 e. The summed E-state index contributed by atoms with van der Waals surface area (Å²) in [7, 11) is 0.754. The Bertz CT molecular complexity index is 1270. The Kier molecular flexibility index (Phi) is 7.06. The summed E-state index contributed by atoms with van der Waals surface area (Å²) in [5.41, 5.74) is 6.90. The molecule has 0 aromatic heterocycles. The molecular weight excluding hydrogens is 558 g/mol. The van der Waals surface area contributed by atoms with Crippen LogP contribution in [0.3, 0.4) is 0 Å². The van der Waals surface area contributed by atoms with Gasteiger partial charge in [-0.25, -0.2) is 0 Å². The fourth-order valence-corrected chi connectivity index (χ4v) is 5.39. The van der Waals surface area contributed by atoms with Crippen LogP contribution in [0.1, 0.15) is 16.7 Å². The van der Waals surface area contributed by atoms with Crippen LogP contribution < -0.4 is 10.6 Å². The third-order valence-corrected chi connectivity index (χ3v) is 7.25. The molecule has 0 aliphatic heterocycles. The van der Waals surface area contributed by atoms with Crippen LogP contribution in [0.15, 0.2) is 103 Å². The molecule has 0 saturated heterocycles. The maximum atomic E-state index is 3.30. The summed E-state index contributed by atoms with van der Waals surface area (Å²) >= 11 is 0. The van der Waals surface area contributed by atoms with Crippen LogP contribution in [0.5, 0.6) is 0 Å². The smallest absolute Gasteiger partial charge is 0 e. The Hall–Kier alpha value is -2.21. The molecule has 5 aromatic rings. The van der Waals surface area contributed by atoms with E-state index in [1.807, 2.05) is 6.07 Å². The van der Waals surface area contributed by atoms with Gasteiger partial charge in [-0.2, -0.15) is 35.9 Å². The molecule has 6 rings (SSSR count). The molecular formula is C29H23HfP-2. The Morgan fingerprint density at radius 2 is 1.52 bits per heavy atom. The zero-order valence-electron chi connectivity index (χ0n) is 17.5. The van der Waals surface area contributed by atoms with E-state index < -0.39 is 0 Å². The first-order valence-corrected chi connectivity index (χ1v) is 11.3. The summed E-state index contributed by atoms with van der Waals surface area (Å²) in [5.74, 6) is 0. The number of rotatable bonds is 2. The second-order valence-corrected chi connectivity index (χ2v) is 9.00. The molecule has 0 amide bonds. The van der Waals surface area contributed by atoms with Crippen LogP contribution in [0.25, 0.3) is 21.9 Å². The van der Waals surface area contributed by atoms with Crippen molar-refractivity contribution < 1.29 is 25.8 Å². The van der Waals surface area contributed by atoms with Crippen LogP contribution in [0.2, 0.25) is 0 Å². The monoisotopic (exact) mass is 582 g/mol.